The third-order valence-corrected chi connectivity index (χ3v) is 3.89. The molecule has 0 fully saturated rings. The van der Waals surface area contributed by atoms with Crippen molar-refractivity contribution in [1.82, 2.24) is 0 Å². The zero-order chi connectivity index (χ0) is 17.8. The summed E-state index contributed by atoms with van der Waals surface area (Å²) in [6.45, 7) is 9.90. The second-order valence-corrected chi connectivity index (χ2v) is 7.39. The zero-order valence-electron chi connectivity index (χ0n) is 14.4. The fraction of sp³-hybridized carbons (Fsp3) is 0.938. The van der Waals surface area contributed by atoms with Gasteiger partial charge in [0.15, 0.2) is 5.60 Å². The second-order valence-electron chi connectivity index (χ2n) is 7.39. The first-order valence-corrected chi connectivity index (χ1v) is 7.66. The molecule has 0 aromatic rings. The third-order valence-electron chi connectivity index (χ3n) is 3.89. The van der Waals surface area contributed by atoms with Crippen LogP contribution >= 0.6 is 0 Å². The van der Waals surface area contributed by atoms with E-state index in [-0.39, 0.29) is 37.1 Å². The lowest BCUT2D eigenvalue weighted by atomic mass is 9.85. The van der Waals surface area contributed by atoms with E-state index in [1.54, 1.807) is 20.8 Å². The van der Waals surface area contributed by atoms with Crippen LogP contribution in [0.15, 0.2) is 0 Å². The molecule has 6 heteroatoms. The molecule has 0 bridgehead atoms. The lowest BCUT2D eigenvalue weighted by Crippen LogP contribution is -2.42. The fourth-order valence-electron chi connectivity index (χ4n) is 1.96. The lowest BCUT2D eigenvalue weighted by Gasteiger charge is -2.29. The van der Waals surface area contributed by atoms with E-state index < -0.39 is 17.4 Å². The van der Waals surface area contributed by atoms with Gasteiger partial charge in [-0.15, -0.1) is 0 Å². The lowest BCUT2D eigenvalue weighted by molar-refractivity contribution is -0.256. The second kappa shape index (κ2) is 7.66. The average Bonchev–Trinajstić information content (AvgIpc) is 2.29. The number of alkyl halides is 3. The van der Waals surface area contributed by atoms with Crippen LogP contribution in [-0.2, 0) is 9.53 Å². The van der Waals surface area contributed by atoms with Gasteiger partial charge in [0.25, 0.3) is 0 Å². The molecule has 0 radical (unpaired) electrons. The first-order valence-electron chi connectivity index (χ1n) is 7.66. The summed E-state index contributed by atoms with van der Waals surface area (Å²) in [6, 6.07) is 0. The van der Waals surface area contributed by atoms with Crippen LogP contribution in [0.2, 0.25) is 0 Å². The quantitative estimate of drug-likeness (QED) is 0.702. The third kappa shape index (κ3) is 8.01. The van der Waals surface area contributed by atoms with Gasteiger partial charge in [0.2, 0.25) is 0 Å². The van der Waals surface area contributed by atoms with Crippen LogP contribution in [0.5, 0.6) is 0 Å². The molecule has 0 saturated carbocycles. The minimum absolute atomic E-state index is 0.0174. The van der Waals surface area contributed by atoms with E-state index in [0.717, 1.165) is 6.92 Å². The van der Waals surface area contributed by atoms with Crippen LogP contribution in [0.25, 0.3) is 0 Å². The molecule has 3 nitrogen and oxygen atoms in total. The van der Waals surface area contributed by atoms with Crippen molar-refractivity contribution >= 4 is 5.97 Å². The number of halogens is 3. The maximum atomic E-state index is 12.6. The van der Waals surface area contributed by atoms with Crippen LogP contribution < -0.4 is 0 Å². The Hall–Kier alpha value is -0.780. The molecule has 3 atom stereocenters. The molecule has 0 rings (SSSR count). The molecular weight excluding hydrogens is 297 g/mol. The van der Waals surface area contributed by atoms with Crippen molar-refractivity contribution in [3.8, 4) is 0 Å². The number of carbonyl (C=O) groups excluding carboxylic acids is 1. The molecule has 0 saturated heterocycles. The Morgan fingerprint density at radius 1 is 1.05 bits per heavy atom. The maximum absolute atomic E-state index is 12.6. The number of rotatable bonds is 7. The van der Waals surface area contributed by atoms with Gasteiger partial charge in [0, 0.05) is 6.42 Å². The molecule has 132 valence electrons. The Balaban J connectivity index is 4.23. The molecule has 0 aliphatic rings. The molecule has 0 aliphatic carbocycles. The Bertz CT molecular complexity index is 357. The van der Waals surface area contributed by atoms with Gasteiger partial charge in [-0.2, -0.15) is 13.2 Å². The van der Waals surface area contributed by atoms with E-state index >= 15 is 0 Å². The highest BCUT2D eigenvalue weighted by molar-refractivity contribution is 5.69. The molecule has 0 aromatic carbocycles. The number of hydrogen-bond donors (Lipinski definition) is 1. The largest absolute Gasteiger partial charge is 0.460 e. The molecular formula is C16H29F3O3. The predicted octanol–water partition coefficient (Wildman–Crippen LogP) is 4.47. The van der Waals surface area contributed by atoms with E-state index in [9.17, 15) is 23.1 Å². The van der Waals surface area contributed by atoms with Gasteiger partial charge < -0.3 is 9.84 Å². The van der Waals surface area contributed by atoms with Gasteiger partial charge in [-0.1, -0.05) is 13.8 Å². The number of carbonyl (C=O) groups is 1. The molecule has 0 aromatic heterocycles. The summed E-state index contributed by atoms with van der Waals surface area (Å²) in [7, 11) is 0. The summed E-state index contributed by atoms with van der Waals surface area (Å²) in [6.07, 6.45) is -3.90. The van der Waals surface area contributed by atoms with Crippen molar-refractivity contribution < 1.29 is 27.8 Å². The van der Waals surface area contributed by atoms with E-state index in [4.69, 9.17) is 4.74 Å². The normalized spacial score (nSPS) is 18.5. The van der Waals surface area contributed by atoms with Crippen molar-refractivity contribution in [3.63, 3.8) is 0 Å². The Morgan fingerprint density at radius 3 is 1.91 bits per heavy atom. The molecule has 0 aliphatic heterocycles. The summed E-state index contributed by atoms with van der Waals surface area (Å²) in [5, 5.41) is 9.43. The Kier molecular flexibility index (Phi) is 7.39. The molecule has 0 spiro atoms. The van der Waals surface area contributed by atoms with E-state index in [1.807, 2.05) is 13.8 Å². The molecule has 3 unspecified atom stereocenters. The van der Waals surface area contributed by atoms with Crippen molar-refractivity contribution in [3.05, 3.63) is 0 Å². The zero-order valence-corrected chi connectivity index (χ0v) is 14.4. The minimum atomic E-state index is -4.62. The van der Waals surface area contributed by atoms with Crippen molar-refractivity contribution in [1.29, 1.82) is 0 Å². The summed E-state index contributed by atoms with van der Waals surface area (Å²) in [4.78, 5) is 11.6. The van der Waals surface area contributed by atoms with Crippen molar-refractivity contribution in [2.45, 2.75) is 84.6 Å². The average molecular weight is 326 g/mol. The molecule has 22 heavy (non-hydrogen) atoms. The van der Waals surface area contributed by atoms with Crippen LogP contribution in [0.3, 0.4) is 0 Å². The Morgan fingerprint density at radius 2 is 1.50 bits per heavy atom. The molecule has 1 N–H and O–H groups in total. The highest BCUT2D eigenvalue weighted by Crippen LogP contribution is 2.35. The number of aliphatic hydroxyl groups is 1. The first kappa shape index (κ1) is 21.2. The Labute approximate surface area is 131 Å². The first-order chi connectivity index (χ1) is 9.66. The van der Waals surface area contributed by atoms with Crippen LogP contribution in [0.1, 0.15) is 67.2 Å². The van der Waals surface area contributed by atoms with E-state index in [2.05, 4.69) is 0 Å². The van der Waals surface area contributed by atoms with Crippen molar-refractivity contribution in [2.75, 3.05) is 0 Å². The monoisotopic (exact) mass is 326 g/mol. The molecule has 0 amide bonds. The van der Waals surface area contributed by atoms with Gasteiger partial charge in [-0.3, -0.25) is 4.79 Å². The van der Waals surface area contributed by atoms with Gasteiger partial charge >= 0.3 is 12.1 Å². The predicted molar refractivity (Wildman–Crippen MR) is 79.3 cm³/mol. The molecule has 0 heterocycles. The van der Waals surface area contributed by atoms with Gasteiger partial charge in [-0.05, 0) is 58.8 Å². The van der Waals surface area contributed by atoms with Crippen LogP contribution in [0, 0.1) is 11.8 Å². The minimum Gasteiger partial charge on any atom is -0.460 e. The fourth-order valence-corrected chi connectivity index (χ4v) is 1.96. The smallest absolute Gasteiger partial charge is 0.416 e. The summed E-state index contributed by atoms with van der Waals surface area (Å²) in [5.74, 6) is -0.235. The SMILES string of the molecule is CC(CCC(=O)OC(C)(C)C)C(C)CCC(C)(O)C(F)(F)F. The number of ether oxygens (including phenoxy) is 1. The topological polar surface area (TPSA) is 46.5 Å². The highest BCUT2D eigenvalue weighted by atomic mass is 19.4. The summed E-state index contributed by atoms with van der Waals surface area (Å²) < 4.78 is 43.0. The summed E-state index contributed by atoms with van der Waals surface area (Å²) >= 11 is 0. The van der Waals surface area contributed by atoms with E-state index in [1.165, 1.54) is 0 Å². The van der Waals surface area contributed by atoms with Gasteiger partial charge in [0.1, 0.15) is 5.60 Å². The standard InChI is InChI=1S/C16H29F3O3/c1-11(7-8-13(20)22-14(3,4)5)12(2)9-10-15(6,21)16(17,18)19/h11-12,21H,7-10H2,1-6H3. The number of esters is 1. The van der Waals surface area contributed by atoms with E-state index in [0.29, 0.717) is 6.42 Å². The highest BCUT2D eigenvalue weighted by Gasteiger charge is 2.49. The summed E-state index contributed by atoms with van der Waals surface area (Å²) in [5.41, 5.74) is -3.19. The van der Waals surface area contributed by atoms with Gasteiger partial charge in [-0.25, -0.2) is 0 Å². The van der Waals surface area contributed by atoms with Gasteiger partial charge in [0.05, 0.1) is 0 Å². The van der Waals surface area contributed by atoms with Crippen LogP contribution in [-0.4, -0.2) is 28.5 Å². The van der Waals surface area contributed by atoms with Crippen molar-refractivity contribution in [2.24, 2.45) is 11.8 Å². The van der Waals surface area contributed by atoms with Crippen LogP contribution in [0.4, 0.5) is 13.2 Å². The maximum Gasteiger partial charge on any atom is 0.416 e. The number of hydrogen-bond acceptors (Lipinski definition) is 3.